The molecule has 0 spiro atoms. The van der Waals surface area contributed by atoms with Gasteiger partial charge in [-0.05, 0) is 50.0 Å². The first-order valence-corrected chi connectivity index (χ1v) is 8.14. The lowest BCUT2D eigenvalue weighted by molar-refractivity contribution is 0.238. The van der Waals surface area contributed by atoms with Crippen LogP contribution in [-0.4, -0.2) is 57.7 Å². The fourth-order valence-corrected chi connectivity index (χ4v) is 2.66. The zero-order chi connectivity index (χ0) is 15.6. The predicted octanol–water partition coefficient (Wildman–Crippen LogP) is 2.12. The molecule has 6 heteroatoms. The number of likely N-dealkylation sites (tertiary alicyclic amines) is 1. The highest BCUT2D eigenvalue weighted by Crippen LogP contribution is 2.13. The average Bonchev–Trinajstić information content (AvgIpc) is 3.06. The third-order valence-electron chi connectivity index (χ3n) is 3.96. The molecule has 5 nitrogen and oxygen atoms in total. The summed E-state index contributed by atoms with van der Waals surface area (Å²) in [6, 6.07) is 8.39. The third kappa shape index (κ3) is 7.39. The van der Waals surface area contributed by atoms with E-state index >= 15 is 0 Å². The minimum Gasteiger partial charge on any atom is -0.492 e. The molecule has 0 bridgehead atoms. The van der Waals surface area contributed by atoms with Gasteiger partial charge in [-0.15, -0.1) is 24.0 Å². The maximum Gasteiger partial charge on any atom is 0.190 e. The van der Waals surface area contributed by atoms with Crippen molar-refractivity contribution in [3.05, 3.63) is 29.8 Å². The van der Waals surface area contributed by atoms with Crippen LogP contribution in [0.25, 0.3) is 0 Å². The number of aliphatic imine (C=N–C) groups is 1. The molecule has 0 saturated carbocycles. The quantitative estimate of drug-likeness (QED) is 0.394. The van der Waals surface area contributed by atoms with Gasteiger partial charge in [-0.1, -0.05) is 12.1 Å². The van der Waals surface area contributed by atoms with E-state index < -0.39 is 0 Å². The van der Waals surface area contributed by atoms with Crippen LogP contribution in [0.2, 0.25) is 0 Å². The molecule has 23 heavy (non-hydrogen) atoms. The summed E-state index contributed by atoms with van der Waals surface area (Å²) in [5, 5.41) is 6.26. The highest BCUT2D eigenvalue weighted by molar-refractivity contribution is 14.0. The Bertz CT molecular complexity index is 458. The summed E-state index contributed by atoms with van der Waals surface area (Å²) < 4.78 is 5.81. The summed E-state index contributed by atoms with van der Waals surface area (Å²) in [5.41, 5.74) is 1.30. The normalized spacial score (nSPS) is 15.1. The smallest absolute Gasteiger partial charge is 0.190 e. The van der Waals surface area contributed by atoms with Gasteiger partial charge >= 0.3 is 0 Å². The molecule has 0 atom stereocenters. The zero-order valence-corrected chi connectivity index (χ0v) is 16.5. The monoisotopic (exact) mass is 432 g/mol. The Labute approximate surface area is 156 Å². The number of nitrogens with zero attached hydrogens (tertiary/aromatic N) is 2. The number of hydrogen-bond donors (Lipinski definition) is 2. The van der Waals surface area contributed by atoms with Gasteiger partial charge in [0.1, 0.15) is 12.4 Å². The SMILES string of the molecule is CN=C(NC)NCCc1ccc(OCCN2CCCC2)cc1.I. The van der Waals surface area contributed by atoms with E-state index in [9.17, 15) is 0 Å². The second-order valence-corrected chi connectivity index (χ2v) is 5.54. The van der Waals surface area contributed by atoms with E-state index in [1.165, 1.54) is 31.5 Å². The van der Waals surface area contributed by atoms with Crippen LogP contribution >= 0.6 is 24.0 Å². The van der Waals surface area contributed by atoms with Crippen LogP contribution in [0.15, 0.2) is 29.3 Å². The molecular formula is C17H29IN4O. The predicted molar refractivity (Wildman–Crippen MR) is 107 cm³/mol. The van der Waals surface area contributed by atoms with Gasteiger partial charge < -0.3 is 15.4 Å². The maximum atomic E-state index is 5.81. The minimum atomic E-state index is 0. The maximum absolute atomic E-state index is 5.81. The molecule has 130 valence electrons. The van der Waals surface area contributed by atoms with Gasteiger partial charge in [0.15, 0.2) is 5.96 Å². The molecule has 1 aromatic carbocycles. The van der Waals surface area contributed by atoms with Crippen LogP contribution in [0.3, 0.4) is 0 Å². The highest BCUT2D eigenvalue weighted by Gasteiger charge is 2.10. The Kier molecular flexibility index (Phi) is 10.0. The van der Waals surface area contributed by atoms with Gasteiger partial charge in [0.05, 0.1) is 0 Å². The number of hydrogen-bond acceptors (Lipinski definition) is 3. The number of rotatable bonds is 7. The molecular weight excluding hydrogens is 403 g/mol. The van der Waals surface area contributed by atoms with Gasteiger partial charge in [-0.3, -0.25) is 9.89 Å². The standard InChI is InChI=1S/C17H28N4O.HI/c1-18-17(19-2)20-10-9-15-5-7-16(8-6-15)22-14-13-21-11-3-4-12-21;/h5-8H,3-4,9-14H2,1-2H3,(H2,18,19,20);1H. The number of halogens is 1. The van der Waals surface area contributed by atoms with Gasteiger partial charge in [0.25, 0.3) is 0 Å². The number of ether oxygens (including phenoxy) is 1. The summed E-state index contributed by atoms with van der Waals surface area (Å²) in [6.45, 7) is 5.13. The highest BCUT2D eigenvalue weighted by atomic mass is 127. The molecule has 1 aliphatic heterocycles. The van der Waals surface area contributed by atoms with Gasteiger partial charge in [-0.2, -0.15) is 0 Å². The molecule has 1 saturated heterocycles. The minimum absolute atomic E-state index is 0. The zero-order valence-electron chi connectivity index (χ0n) is 14.2. The molecule has 0 amide bonds. The van der Waals surface area contributed by atoms with Crippen molar-refractivity contribution in [2.45, 2.75) is 19.3 Å². The molecule has 2 N–H and O–H groups in total. The molecule has 1 fully saturated rings. The van der Waals surface area contributed by atoms with E-state index in [2.05, 4.69) is 44.8 Å². The van der Waals surface area contributed by atoms with E-state index in [1.54, 1.807) is 7.05 Å². The first kappa shape index (κ1) is 20.0. The average molecular weight is 432 g/mol. The van der Waals surface area contributed by atoms with E-state index in [4.69, 9.17) is 4.74 Å². The second-order valence-electron chi connectivity index (χ2n) is 5.54. The molecule has 2 rings (SSSR count). The van der Waals surface area contributed by atoms with Gasteiger partial charge in [0, 0.05) is 27.2 Å². The van der Waals surface area contributed by atoms with Gasteiger partial charge in [-0.25, -0.2) is 0 Å². The molecule has 0 aromatic heterocycles. The molecule has 1 aliphatic rings. The van der Waals surface area contributed by atoms with Crippen molar-refractivity contribution in [3.63, 3.8) is 0 Å². The third-order valence-corrected chi connectivity index (χ3v) is 3.96. The lowest BCUT2D eigenvalue weighted by Crippen LogP contribution is -2.35. The lowest BCUT2D eigenvalue weighted by Gasteiger charge is -2.15. The van der Waals surface area contributed by atoms with Gasteiger partial charge in [0.2, 0.25) is 0 Å². The first-order valence-electron chi connectivity index (χ1n) is 8.14. The van der Waals surface area contributed by atoms with Crippen LogP contribution in [0.1, 0.15) is 18.4 Å². The van der Waals surface area contributed by atoms with Crippen LogP contribution in [0, 0.1) is 0 Å². The topological polar surface area (TPSA) is 48.9 Å². The number of nitrogens with one attached hydrogen (secondary N) is 2. The van der Waals surface area contributed by atoms with Crippen molar-refractivity contribution in [2.24, 2.45) is 4.99 Å². The number of guanidine groups is 1. The summed E-state index contributed by atoms with van der Waals surface area (Å²) in [4.78, 5) is 6.56. The van der Waals surface area contributed by atoms with E-state index in [0.717, 1.165) is 37.8 Å². The van der Waals surface area contributed by atoms with E-state index in [0.29, 0.717) is 0 Å². The Morgan fingerprint density at radius 3 is 2.52 bits per heavy atom. The summed E-state index contributed by atoms with van der Waals surface area (Å²) >= 11 is 0. The number of benzene rings is 1. The van der Waals surface area contributed by atoms with Crippen LogP contribution in [0.4, 0.5) is 0 Å². The van der Waals surface area contributed by atoms with Crippen molar-refractivity contribution in [1.82, 2.24) is 15.5 Å². The van der Waals surface area contributed by atoms with Crippen molar-refractivity contribution < 1.29 is 4.74 Å². The lowest BCUT2D eigenvalue weighted by atomic mass is 10.1. The summed E-state index contributed by atoms with van der Waals surface area (Å²) in [6.07, 6.45) is 3.64. The Balaban J connectivity index is 0.00000264. The fourth-order valence-electron chi connectivity index (χ4n) is 2.66. The van der Waals surface area contributed by atoms with Crippen molar-refractivity contribution in [1.29, 1.82) is 0 Å². The van der Waals surface area contributed by atoms with Crippen LogP contribution in [-0.2, 0) is 6.42 Å². The van der Waals surface area contributed by atoms with Crippen molar-refractivity contribution in [2.75, 3.05) is 46.9 Å². The van der Waals surface area contributed by atoms with Crippen molar-refractivity contribution in [3.8, 4) is 5.75 Å². The van der Waals surface area contributed by atoms with Crippen LogP contribution in [0.5, 0.6) is 5.75 Å². The molecule has 0 aliphatic carbocycles. The second kappa shape index (κ2) is 11.5. The summed E-state index contributed by atoms with van der Waals surface area (Å²) in [5.74, 6) is 1.78. The molecule has 1 aromatic rings. The Morgan fingerprint density at radius 1 is 1.22 bits per heavy atom. The Hall–Kier alpha value is -1.02. The Morgan fingerprint density at radius 2 is 1.91 bits per heavy atom. The van der Waals surface area contributed by atoms with Crippen LogP contribution < -0.4 is 15.4 Å². The molecule has 0 radical (unpaired) electrons. The van der Waals surface area contributed by atoms with E-state index in [1.807, 2.05) is 7.05 Å². The van der Waals surface area contributed by atoms with Crippen molar-refractivity contribution >= 4 is 29.9 Å². The summed E-state index contributed by atoms with van der Waals surface area (Å²) in [7, 11) is 3.64. The largest absolute Gasteiger partial charge is 0.492 e. The molecule has 0 unspecified atom stereocenters. The van der Waals surface area contributed by atoms with E-state index in [-0.39, 0.29) is 24.0 Å². The molecule has 1 heterocycles. The fraction of sp³-hybridized carbons (Fsp3) is 0.588. The first-order chi connectivity index (χ1) is 10.8.